The molecule has 2 aromatic carbocycles. The topological polar surface area (TPSA) is 136 Å². The van der Waals surface area contributed by atoms with Gasteiger partial charge in [0.15, 0.2) is 11.5 Å². The number of nitrogens with two attached hydrogens (primary N) is 1. The Labute approximate surface area is 251 Å². The van der Waals surface area contributed by atoms with Gasteiger partial charge in [0.1, 0.15) is 11.5 Å². The number of para-hydroxylation sites is 1. The molecule has 44 heavy (non-hydrogen) atoms. The van der Waals surface area contributed by atoms with Gasteiger partial charge in [-0.2, -0.15) is 5.10 Å². The van der Waals surface area contributed by atoms with Gasteiger partial charge in [0.05, 0.1) is 41.5 Å². The number of amides is 2. The number of anilines is 1. The lowest BCUT2D eigenvalue weighted by atomic mass is 10.0. The van der Waals surface area contributed by atoms with E-state index in [1.165, 1.54) is 12.1 Å². The minimum atomic E-state index is -0.340. The van der Waals surface area contributed by atoms with E-state index >= 15 is 0 Å². The third kappa shape index (κ3) is 5.26. The number of hydrogen-bond acceptors (Lipinski definition) is 7. The lowest BCUT2D eigenvalue weighted by Crippen LogP contribution is -2.40. The molecule has 0 spiro atoms. The summed E-state index contributed by atoms with van der Waals surface area (Å²) in [5.41, 5.74) is 10.1. The van der Waals surface area contributed by atoms with Crippen molar-refractivity contribution < 1.29 is 14.0 Å². The Bertz CT molecular complexity index is 2000. The largest absolute Gasteiger partial charge is 0.369 e. The molecule has 0 saturated carbocycles. The van der Waals surface area contributed by atoms with Gasteiger partial charge < -0.3 is 15.6 Å². The van der Waals surface area contributed by atoms with E-state index in [9.17, 15) is 14.0 Å². The van der Waals surface area contributed by atoms with Gasteiger partial charge in [-0.25, -0.2) is 18.9 Å². The molecule has 0 atom stereocenters. The van der Waals surface area contributed by atoms with Gasteiger partial charge in [-0.1, -0.05) is 18.2 Å². The van der Waals surface area contributed by atoms with E-state index < -0.39 is 0 Å². The maximum absolute atomic E-state index is 13.8. The van der Waals surface area contributed by atoms with Crippen molar-refractivity contribution in [3.8, 4) is 22.6 Å². The summed E-state index contributed by atoms with van der Waals surface area (Å²) in [4.78, 5) is 40.3. The van der Waals surface area contributed by atoms with E-state index in [1.807, 2.05) is 36.4 Å². The highest BCUT2D eigenvalue weighted by molar-refractivity contribution is 6.12. The molecule has 2 amide bonds. The molecule has 0 unspecified atom stereocenters. The van der Waals surface area contributed by atoms with Crippen LogP contribution in [0.4, 0.5) is 10.2 Å². The van der Waals surface area contributed by atoms with Crippen molar-refractivity contribution in [2.24, 2.45) is 5.73 Å². The first-order valence-corrected chi connectivity index (χ1v) is 14.3. The number of imidazole rings is 2. The first-order chi connectivity index (χ1) is 21.4. The van der Waals surface area contributed by atoms with Crippen molar-refractivity contribution in [1.29, 1.82) is 0 Å². The second-order valence-electron chi connectivity index (χ2n) is 10.8. The summed E-state index contributed by atoms with van der Waals surface area (Å²) in [6.45, 7) is 1.68. The number of pyridine rings is 1. The van der Waals surface area contributed by atoms with Gasteiger partial charge >= 0.3 is 0 Å². The highest BCUT2D eigenvalue weighted by Crippen LogP contribution is 2.35. The zero-order valence-electron chi connectivity index (χ0n) is 23.6. The Morgan fingerprint density at radius 2 is 1.77 bits per heavy atom. The molecule has 1 fully saturated rings. The van der Waals surface area contributed by atoms with Gasteiger partial charge in [-0.05, 0) is 61.4 Å². The number of likely N-dealkylation sites (tertiary alicyclic amines) is 1. The predicted molar refractivity (Wildman–Crippen MR) is 163 cm³/mol. The number of primary amides is 1. The van der Waals surface area contributed by atoms with Gasteiger partial charge in [0.25, 0.3) is 5.91 Å². The van der Waals surface area contributed by atoms with Gasteiger partial charge in [-0.3, -0.25) is 19.5 Å². The zero-order chi connectivity index (χ0) is 30.2. The molecule has 11 nitrogen and oxygen atoms in total. The fraction of sp³-hybridized carbons (Fsp3) is 0.188. The van der Waals surface area contributed by atoms with Crippen LogP contribution in [0.25, 0.3) is 39.2 Å². The highest BCUT2D eigenvalue weighted by Gasteiger charge is 2.26. The molecular formula is C32H28FN9O2. The third-order valence-electron chi connectivity index (χ3n) is 7.94. The Hall–Kier alpha value is -5.49. The van der Waals surface area contributed by atoms with Crippen LogP contribution < -0.4 is 11.1 Å². The van der Waals surface area contributed by atoms with E-state index in [0.717, 1.165) is 48.1 Å². The fourth-order valence-corrected chi connectivity index (χ4v) is 5.83. The smallest absolute Gasteiger partial charge is 0.257 e. The molecule has 3 N–H and O–H groups in total. The Morgan fingerprint density at radius 1 is 0.977 bits per heavy atom. The molecule has 0 aliphatic carbocycles. The molecule has 12 heteroatoms. The average Bonchev–Trinajstić information content (AvgIpc) is 3.65. The number of nitrogens with zero attached hydrogens (tertiary/aromatic N) is 7. The molecule has 1 aliphatic rings. The molecule has 1 aliphatic heterocycles. The Morgan fingerprint density at radius 3 is 2.57 bits per heavy atom. The van der Waals surface area contributed by atoms with Crippen LogP contribution >= 0.6 is 0 Å². The average molecular weight is 590 g/mol. The van der Waals surface area contributed by atoms with Crippen LogP contribution in [0.5, 0.6) is 0 Å². The monoisotopic (exact) mass is 589 g/mol. The minimum absolute atomic E-state index is 0.112. The highest BCUT2D eigenvalue weighted by atomic mass is 19.1. The standard InChI is InChI=1S/C32H28FN9O2/c33-21-7-5-20(6-8-21)30-31(41(19-36-30)22-12-15-40(16-13-22)17-27(34)43)26-9-10-29-37-28(18-42(29)39-26)38-32(44)24-11-14-35-25-4-2-1-3-23(24)25/h1-11,14,18-19,22H,12-13,15-17H2,(H2,34,43)(H,38,44). The second kappa shape index (κ2) is 11.3. The summed E-state index contributed by atoms with van der Waals surface area (Å²) >= 11 is 0. The van der Waals surface area contributed by atoms with E-state index in [4.69, 9.17) is 15.8 Å². The molecule has 0 bridgehead atoms. The Balaban J connectivity index is 1.22. The maximum Gasteiger partial charge on any atom is 0.257 e. The molecule has 220 valence electrons. The number of piperidine rings is 1. The van der Waals surface area contributed by atoms with Crippen LogP contribution in [-0.4, -0.2) is 65.5 Å². The van der Waals surface area contributed by atoms with Crippen molar-refractivity contribution in [3.05, 3.63) is 96.8 Å². The summed E-state index contributed by atoms with van der Waals surface area (Å²) in [6.07, 6.45) is 6.67. The lowest BCUT2D eigenvalue weighted by Gasteiger charge is -2.32. The molecular weight excluding hydrogens is 561 g/mol. The molecule has 5 heterocycles. The van der Waals surface area contributed by atoms with Crippen LogP contribution in [0.2, 0.25) is 0 Å². The number of carbonyl (C=O) groups is 2. The second-order valence-corrected chi connectivity index (χ2v) is 10.8. The van der Waals surface area contributed by atoms with Gasteiger partial charge in [-0.15, -0.1) is 0 Å². The number of benzene rings is 2. The van der Waals surface area contributed by atoms with E-state index in [-0.39, 0.29) is 30.2 Å². The fourth-order valence-electron chi connectivity index (χ4n) is 5.83. The lowest BCUT2D eigenvalue weighted by molar-refractivity contribution is -0.119. The van der Waals surface area contributed by atoms with Crippen LogP contribution in [0.15, 0.2) is 85.5 Å². The molecule has 7 rings (SSSR count). The minimum Gasteiger partial charge on any atom is -0.369 e. The van der Waals surface area contributed by atoms with E-state index in [1.54, 1.807) is 41.4 Å². The zero-order valence-corrected chi connectivity index (χ0v) is 23.6. The van der Waals surface area contributed by atoms with Crippen molar-refractivity contribution in [2.75, 3.05) is 25.0 Å². The van der Waals surface area contributed by atoms with Crippen molar-refractivity contribution in [3.63, 3.8) is 0 Å². The third-order valence-corrected chi connectivity index (χ3v) is 7.94. The first-order valence-electron chi connectivity index (χ1n) is 14.3. The summed E-state index contributed by atoms with van der Waals surface area (Å²) in [7, 11) is 0. The van der Waals surface area contributed by atoms with Crippen molar-refractivity contribution in [2.45, 2.75) is 18.9 Å². The summed E-state index contributed by atoms with van der Waals surface area (Å²) in [5, 5.41) is 8.50. The van der Waals surface area contributed by atoms with Crippen LogP contribution in [0, 0.1) is 5.82 Å². The van der Waals surface area contributed by atoms with Crippen LogP contribution in [0.1, 0.15) is 29.2 Å². The van der Waals surface area contributed by atoms with E-state index in [0.29, 0.717) is 28.4 Å². The molecule has 4 aromatic heterocycles. The Kier molecular flexibility index (Phi) is 7.03. The SMILES string of the molecule is NC(=O)CN1CCC(n2cnc(-c3ccc(F)cc3)c2-c2ccc3nc(NC(=O)c4ccnc5ccccc45)cn3n2)CC1. The number of hydrogen-bond donors (Lipinski definition) is 2. The van der Waals surface area contributed by atoms with E-state index in [2.05, 4.69) is 24.8 Å². The summed E-state index contributed by atoms with van der Waals surface area (Å²) < 4.78 is 17.5. The number of halogens is 1. The first kappa shape index (κ1) is 27.3. The number of carbonyl (C=O) groups excluding carboxylic acids is 2. The van der Waals surface area contributed by atoms with Crippen LogP contribution in [0.3, 0.4) is 0 Å². The quantitative estimate of drug-likeness (QED) is 0.283. The summed E-state index contributed by atoms with van der Waals surface area (Å²) in [6, 6.07) is 19.2. The number of nitrogens with one attached hydrogen (secondary N) is 1. The molecule has 6 aromatic rings. The number of fused-ring (bicyclic) bond motifs is 2. The number of rotatable bonds is 7. The number of aromatic nitrogens is 6. The van der Waals surface area contributed by atoms with Crippen molar-refractivity contribution >= 4 is 34.2 Å². The van der Waals surface area contributed by atoms with Crippen molar-refractivity contribution in [1.82, 2.24) is 34.0 Å². The van der Waals surface area contributed by atoms with Crippen LogP contribution in [-0.2, 0) is 4.79 Å². The normalized spacial score (nSPS) is 14.3. The predicted octanol–water partition coefficient (Wildman–Crippen LogP) is 4.32. The van der Waals surface area contributed by atoms with Gasteiger partial charge in [0.2, 0.25) is 5.91 Å². The molecule has 0 radical (unpaired) electrons. The summed E-state index contributed by atoms with van der Waals surface area (Å²) in [5.74, 6) is -0.613. The van der Waals surface area contributed by atoms with Gasteiger partial charge in [0, 0.05) is 36.3 Å². The maximum atomic E-state index is 13.8. The molecule has 1 saturated heterocycles.